The van der Waals surface area contributed by atoms with E-state index in [1.807, 2.05) is 55.5 Å². The van der Waals surface area contributed by atoms with E-state index in [1.54, 1.807) is 17.0 Å². The number of nitrogens with zero attached hydrogens (tertiary/aromatic N) is 3. The van der Waals surface area contributed by atoms with Crippen LogP contribution in [0.2, 0.25) is 0 Å². The second-order valence-electron chi connectivity index (χ2n) is 8.56. The number of hydrogen-bond donors (Lipinski definition) is 3. The molecule has 9 heteroatoms. The molecule has 0 spiro atoms. The van der Waals surface area contributed by atoms with Gasteiger partial charge in [-0.15, -0.1) is 0 Å². The molecule has 0 fully saturated rings. The molecule has 2 aliphatic rings. The molecule has 0 bridgehead atoms. The van der Waals surface area contributed by atoms with Gasteiger partial charge in [-0.1, -0.05) is 18.2 Å². The molecular formula is C27H26N6O3. The van der Waals surface area contributed by atoms with Crippen LogP contribution in [0.1, 0.15) is 24.0 Å². The first-order valence-corrected chi connectivity index (χ1v) is 11.7. The lowest BCUT2D eigenvalue weighted by Crippen LogP contribution is -2.35. The van der Waals surface area contributed by atoms with Gasteiger partial charge in [0.1, 0.15) is 24.0 Å². The van der Waals surface area contributed by atoms with Gasteiger partial charge in [0.05, 0.1) is 47.7 Å². The van der Waals surface area contributed by atoms with E-state index in [0.29, 0.717) is 29.0 Å². The third-order valence-electron chi connectivity index (χ3n) is 6.03. The number of aromatic nitrogens is 2. The summed E-state index contributed by atoms with van der Waals surface area (Å²) in [6, 6.07) is 9.47. The number of fused-ring (bicyclic) bond motifs is 1. The molecule has 2 aromatic heterocycles. The van der Waals surface area contributed by atoms with E-state index in [0.717, 1.165) is 29.8 Å². The second kappa shape index (κ2) is 10.3. The van der Waals surface area contributed by atoms with Crippen LogP contribution in [-0.2, 0) is 4.74 Å². The molecule has 1 aliphatic carbocycles. The lowest BCUT2D eigenvalue weighted by molar-refractivity contribution is 0.168. The van der Waals surface area contributed by atoms with E-state index in [2.05, 4.69) is 33.2 Å². The van der Waals surface area contributed by atoms with Crippen LogP contribution < -0.4 is 20.7 Å². The molecule has 0 saturated carbocycles. The Morgan fingerprint density at radius 3 is 2.83 bits per heavy atom. The Kier molecular flexibility index (Phi) is 6.58. The van der Waals surface area contributed by atoms with Gasteiger partial charge in [-0.2, -0.15) is 10.4 Å². The predicted octanol–water partition coefficient (Wildman–Crippen LogP) is 4.95. The van der Waals surface area contributed by atoms with E-state index in [1.165, 1.54) is 6.20 Å². The SMILES string of the molecule is Cc1c(NC(=O)NCC2CC=CO2)cn2ncc(C#N)c(Nc3ccc(OC4C=CC=CC4)cc3)c12. The molecule has 1 aromatic carbocycles. The van der Waals surface area contributed by atoms with E-state index in [-0.39, 0.29) is 18.2 Å². The van der Waals surface area contributed by atoms with Gasteiger partial charge in [0.15, 0.2) is 0 Å². The summed E-state index contributed by atoms with van der Waals surface area (Å²) >= 11 is 0. The zero-order valence-corrected chi connectivity index (χ0v) is 19.8. The fourth-order valence-electron chi connectivity index (χ4n) is 4.14. The van der Waals surface area contributed by atoms with Crippen LogP contribution in [0.3, 0.4) is 0 Å². The van der Waals surface area contributed by atoms with Gasteiger partial charge in [0.25, 0.3) is 0 Å². The van der Waals surface area contributed by atoms with Gasteiger partial charge >= 0.3 is 6.03 Å². The highest BCUT2D eigenvalue weighted by molar-refractivity contribution is 5.94. The molecule has 9 nitrogen and oxygen atoms in total. The number of ether oxygens (including phenoxy) is 2. The fraction of sp³-hybridized carbons (Fsp3) is 0.222. The highest BCUT2D eigenvalue weighted by Crippen LogP contribution is 2.32. The molecule has 3 heterocycles. The Morgan fingerprint density at radius 2 is 2.11 bits per heavy atom. The van der Waals surface area contributed by atoms with Gasteiger partial charge in [-0.25, -0.2) is 9.31 Å². The number of carbonyl (C=O) groups is 1. The van der Waals surface area contributed by atoms with Crippen LogP contribution in [0.5, 0.6) is 5.75 Å². The van der Waals surface area contributed by atoms with Gasteiger partial charge in [0, 0.05) is 24.1 Å². The Bertz CT molecular complexity index is 1390. The number of carbonyl (C=O) groups excluding carboxylic acids is 1. The maximum Gasteiger partial charge on any atom is 0.319 e. The summed E-state index contributed by atoms with van der Waals surface area (Å²) in [7, 11) is 0. The van der Waals surface area contributed by atoms with Crippen molar-refractivity contribution in [1.29, 1.82) is 5.26 Å². The van der Waals surface area contributed by atoms with Gasteiger partial charge in [-0.3, -0.25) is 0 Å². The first-order valence-electron chi connectivity index (χ1n) is 11.7. The maximum absolute atomic E-state index is 12.5. The largest absolute Gasteiger partial charge is 0.496 e. The summed E-state index contributed by atoms with van der Waals surface area (Å²) in [5, 5.41) is 23.1. The van der Waals surface area contributed by atoms with Crippen LogP contribution >= 0.6 is 0 Å². The van der Waals surface area contributed by atoms with Crippen LogP contribution in [0.4, 0.5) is 21.9 Å². The fourth-order valence-corrected chi connectivity index (χ4v) is 4.14. The van der Waals surface area contributed by atoms with Crippen molar-refractivity contribution in [2.24, 2.45) is 0 Å². The molecule has 2 atom stereocenters. The number of urea groups is 1. The summed E-state index contributed by atoms with van der Waals surface area (Å²) in [5.74, 6) is 0.765. The van der Waals surface area contributed by atoms with E-state index >= 15 is 0 Å². The zero-order chi connectivity index (χ0) is 24.9. The smallest absolute Gasteiger partial charge is 0.319 e. The maximum atomic E-state index is 12.5. The molecule has 0 saturated heterocycles. The number of amides is 2. The molecule has 2 unspecified atom stereocenters. The number of anilines is 3. The predicted molar refractivity (Wildman–Crippen MR) is 137 cm³/mol. The number of nitriles is 1. The van der Waals surface area contributed by atoms with E-state index in [9.17, 15) is 10.1 Å². The quantitative estimate of drug-likeness (QED) is 0.439. The van der Waals surface area contributed by atoms with E-state index < -0.39 is 0 Å². The monoisotopic (exact) mass is 482 g/mol. The lowest BCUT2D eigenvalue weighted by atomic mass is 10.1. The Labute approximate surface area is 208 Å². The van der Waals surface area contributed by atoms with Crippen molar-refractivity contribution < 1.29 is 14.3 Å². The molecule has 5 rings (SSSR count). The van der Waals surface area contributed by atoms with Gasteiger partial charge < -0.3 is 25.4 Å². The standard InChI is InChI=1S/C27H26N6O3/c1-18-24(32-27(34)29-16-23-8-5-13-35-23)17-33-26(18)25(19(14-28)15-30-33)31-20-9-11-22(12-10-20)36-21-6-3-2-4-7-21/h2-6,9-13,15,17,21,23,31H,7-8,16H2,1H3,(H2,29,32,34). The summed E-state index contributed by atoms with van der Waals surface area (Å²) < 4.78 is 13.0. The molecular weight excluding hydrogens is 456 g/mol. The van der Waals surface area contributed by atoms with Crippen LogP contribution in [0, 0.1) is 18.3 Å². The number of allylic oxidation sites excluding steroid dienone is 2. The minimum atomic E-state index is -0.335. The molecule has 0 radical (unpaired) electrons. The molecule has 182 valence electrons. The number of nitrogens with one attached hydrogen (secondary N) is 3. The Hall–Kier alpha value is -4.71. The van der Waals surface area contributed by atoms with Crippen molar-refractivity contribution in [2.75, 3.05) is 17.2 Å². The highest BCUT2D eigenvalue weighted by Gasteiger charge is 2.18. The van der Waals surface area contributed by atoms with Crippen molar-refractivity contribution in [3.05, 3.63) is 84.4 Å². The highest BCUT2D eigenvalue weighted by atomic mass is 16.5. The molecule has 3 aromatic rings. The average molecular weight is 483 g/mol. The third-order valence-corrected chi connectivity index (χ3v) is 6.03. The van der Waals surface area contributed by atoms with Gasteiger partial charge in [-0.05, 0) is 43.3 Å². The number of rotatable bonds is 7. The van der Waals surface area contributed by atoms with Crippen LogP contribution in [0.25, 0.3) is 5.52 Å². The van der Waals surface area contributed by atoms with Crippen molar-refractivity contribution in [3.63, 3.8) is 0 Å². The number of aryl methyl sites for hydroxylation is 1. The lowest BCUT2D eigenvalue weighted by Gasteiger charge is -2.16. The van der Waals surface area contributed by atoms with Crippen molar-refractivity contribution in [1.82, 2.24) is 14.9 Å². The summed E-state index contributed by atoms with van der Waals surface area (Å²) in [6.07, 6.45) is 16.5. The normalized spacial score (nSPS) is 18.0. The number of hydrogen-bond acceptors (Lipinski definition) is 6. The van der Waals surface area contributed by atoms with Crippen molar-refractivity contribution in [2.45, 2.75) is 32.0 Å². The summed E-state index contributed by atoms with van der Waals surface area (Å²) in [6.45, 7) is 2.29. The van der Waals surface area contributed by atoms with Crippen LogP contribution in [0.15, 0.2) is 73.3 Å². The Balaban J connectivity index is 1.33. The van der Waals surface area contributed by atoms with Crippen molar-refractivity contribution >= 4 is 28.6 Å². The summed E-state index contributed by atoms with van der Waals surface area (Å²) in [4.78, 5) is 12.5. The van der Waals surface area contributed by atoms with E-state index in [4.69, 9.17) is 9.47 Å². The average Bonchev–Trinajstić information content (AvgIpc) is 3.53. The topological polar surface area (TPSA) is 113 Å². The molecule has 3 N–H and O–H groups in total. The molecule has 1 aliphatic heterocycles. The van der Waals surface area contributed by atoms with Gasteiger partial charge in [0.2, 0.25) is 0 Å². The minimum Gasteiger partial charge on any atom is -0.496 e. The molecule has 2 amide bonds. The van der Waals surface area contributed by atoms with Crippen LogP contribution in [-0.4, -0.2) is 34.4 Å². The summed E-state index contributed by atoms with van der Waals surface area (Å²) in [5.41, 5.74) is 3.88. The zero-order valence-electron chi connectivity index (χ0n) is 19.8. The molecule has 36 heavy (non-hydrogen) atoms. The first-order chi connectivity index (χ1) is 17.6. The minimum absolute atomic E-state index is 0.0210. The Morgan fingerprint density at radius 1 is 1.25 bits per heavy atom. The van der Waals surface area contributed by atoms with Crippen molar-refractivity contribution in [3.8, 4) is 11.8 Å². The number of benzene rings is 1. The second-order valence-corrected chi connectivity index (χ2v) is 8.56. The first kappa shape index (κ1) is 23.1. The third kappa shape index (κ3) is 5.03.